The molecule has 0 aromatic carbocycles. The first-order valence-electron chi connectivity index (χ1n) is 2.98. The van der Waals surface area contributed by atoms with Crippen molar-refractivity contribution in [1.82, 2.24) is 5.32 Å². The van der Waals surface area contributed by atoms with Crippen molar-refractivity contribution in [2.75, 3.05) is 12.0 Å². The maximum atomic E-state index is 10.3. The molecule has 4 N–H and O–H groups in total. The molecular weight excluding hydrogens is 205 g/mol. The summed E-state index contributed by atoms with van der Waals surface area (Å²) in [6.45, 7) is 0. The molecule has 0 aromatic rings. The molecule has 0 amide bonds. The summed E-state index contributed by atoms with van der Waals surface area (Å²) in [6.07, 6.45) is -0.648. The molecule has 0 rings (SSSR count). The summed E-state index contributed by atoms with van der Waals surface area (Å²) in [5.74, 6) is -1.20. The Bertz CT molecular complexity index is 204. The van der Waals surface area contributed by atoms with Crippen molar-refractivity contribution >= 4 is 26.2 Å². The van der Waals surface area contributed by atoms with Crippen LogP contribution in [0.15, 0.2) is 0 Å². The van der Waals surface area contributed by atoms with E-state index in [1.807, 2.05) is 0 Å². The Labute approximate surface area is 74.5 Å². The van der Waals surface area contributed by atoms with E-state index in [2.05, 4.69) is 17.9 Å². The Morgan fingerprint density at radius 3 is 2.33 bits per heavy atom. The highest BCUT2D eigenvalue weighted by atomic mass is 32.1. The van der Waals surface area contributed by atoms with Crippen molar-refractivity contribution < 1.29 is 24.3 Å². The number of hydrogen-bond acceptors (Lipinski definition) is 4. The second-order valence-corrected chi connectivity index (χ2v) is 4.11. The molecule has 0 bridgehead atoms. The molecule has 0 saturated heterocycles. The maximum Gasteiger partial charge on any atom is 0.339 e. The summed E-state index contributed by atoms with van der Waals surface area (Å²) in [7, 11) is -4.18. The molecule has 0 heterocycles. The number of carboxylic acid groups (broad SMARTS) is 1. The van der Waals surface area contributed by atoms with E-state index in [0.717, 1.165) is 0 Å². The fourth-order valence-electron chi connectivity index (χ4n) is 0.459. The number of rotatable bonds is 5. The van der Waals surface area contributed by atoms with Gasteiger partial charge in [0.05, 0.1) is 6.29 Å². The maximum absolute atomic E-state index is 10.3. The molecule has 6 nitrogen and oxygen atoms in total. The molecule has 0 radical (unpaired) electrons. The van der Waals surface area contributed by atoms with E-state index in [9.17, 15) is 9.36 Å². The highest BCUT2D eigenvalue weighted by Gasteiger charge is 2.19. The number of carbonyl (C=O) groups is 1. The first kappa shape index (κ1) is 11.9. The monoisotopic (exact) mass is 215 g/mol. The Kier molecular flexibility index (Phi) is 4.81. The molecule has 0 aliphatic carbocycles. The van der Waals surface area contributed by atoms with E-state index in [1.54, 1.807) is 0 Å². The average molecular weight is 215 g/mol. The van der Waals surface area contributed by atoms with Crippen molar-refractivity contribution in [1.29, 1.82) is 0 Å². The van der Waals surface area contributed by atoms with Crippen LogP contribution in [0.2, 0.25) is 0 Å². The van der Waals surface area contributed by atoms with Gasteiger partial charge in [-0.1, -0.05) is 0 Å². The third-order valence-electron chi connectivity index (χ3n) is 1.02. The number of hydrogen-bond donors (Lipinski definition) is 5. The van der Waals surface area contributed by atoms with Crippen LogP contribution in [0.3, 0.4) is 0 Å². The first-order valence-corrected chi connectivity index (χ1v) is 5.41. The molecule has 0 fully saturated rings. The summed E-state index contributed by atoms with van der Waals surface area (Å²) in [5, 5.41) is 10.6. The van der Waals surface area contributed by atoms with E-state index >= 15 is 0 Å². The predicted octanol–water partition coefficient (Wildman–Crippen LogP) is -0.906. The van der Waals surface area contributed by atoms with E-state index in [0.29, 0.717) is 0 Å². The van der Waals surface area contributed by atoms with Gasteiger partial charge in [-0.15, -0.1) is 0 Å². The molecule has 72 valence electrons. The highest BCUT2D eigenvalue weighted by Crippen LogP contribution is 2.32. The minimum atomic E-state index is -4.18. The van der Waals surface area contributed by atoms with Gasteiger partial charge in [-0.2, -0.15) is 12.6 Å². The lowest BCUT2D eigenvalue weighted by atomic mass is 10.3. The van der Waals surface area contributed by atoms with Gasteiger partial charge in [0.1, 0.15) is 6.04 Å². The van der Waals surface area contributed by atoms with E-state index in [4.69, 9.17) is 14.9 Å². The quantitative estimate of drug-likeness (QED) is 0.300. The Balaban J connectivity index is 3.90. The average Bonchev–Trinajstić information content (AvgIpc) is 1.85. The third-order valence-corrected chi connectivity index (χ3v) is 1.98. The summed E-state index contributed by atoms with van der Waals surface area (Å²) in [6, 6.07) is -1.03. The van der Waals surface area contributed by atoms with Crippen LogP contribution in [0.5, 0.6) is 0 Å². The molecule has 12 heavy (non-hydrogen) atoms. The van der Waals surface area contributed by atoms with Crippen LogP contribution >= 0.6 is 20.2 Å². The van der Waals surface area contributed by atoms with Crippen LogP contribution in [0.4, 0.5) is 0 Å². The SMILES string of the molecule is O=C(O)C(CS)NCP(=O)(O)O. The van der Waals surface area contributed by atoms with Gasteiger partial charge >= 0.3 is 13.6 Å². The normalized spacial score (nSPS) is 14.2. The van der Waals surface area contributed by atoms with Crippen LogP contribution in [0, 0.1) is 0 Å². The van der Waals surface area contributed by atoms with Crippen LogP contribution in [0.1, 0.15) is 0 Å². The zero-order valence-electron chi connectivity index (χ0n) is 6.04. The lowest BCUT2D eigenvalue weighted by Crippen LogP contribution is -2.38. The lowest BCUT2D eigenvalue weighted by Gasteiger charge is -2.11. The van der Waals surface area contributed by atoms with E-state index in [1.165, 1.54) is 0 Å². The smallest absolute Gasteiger partial charge is 0.339 e. The number of nitrogens with one attached hydrogen (secondary N) is 1. The minimum absolute atomic E-state index is 0.0185. The van der Waals surface area contributed by atoms with Gasteiger partial charge in [0, 0.05) is 5.75 Å². The first-order chi connectivity index (χ1) is 5.37. The van der Waals surface area contributed by atoms with Crippen molar-refractivity contribution in [3.63, 3.8) is 0 Å². The van der Waals surface area contributed by atoms with Gasteiger partial charge < -0.3 is 14.9 Å². The fourth-order valence-corrected chi connectivity index (χ4v) is 1.20. The molecule has 0 spiro atoms. The van der Waals surface area contributed by atoms with E-state index < -0.39 is 25.9 Å². The molecule has 1 atom stereocenters. The second-order valence-electron chi connectivity index (χ2n) is 2.10. The number of thiol groups is 1. The van der Waals surface area contributed by atoms with E-state index in [-0.39, 0.29) is 5.75 Å². The fraction of sp³-hybridized carbons (Fsp3) is 0.750. The van der Waals surface area contributed by atoms with Crippen LogP contribution < -0.4 is 5.32 Å². The van der Waals surface area contributed by atoms with Gasteiger partial charge in [-0.25, -0.2) is 0 Å². The van der Waals surface area contributed by atoms with Crippen LogP contribution in [0.25, 0.3) is 0 Å². The Morgan fingerprint density at radius 2 is 2.08 bits per heavy atom. The molecule has 0 aromatic heterocycles. The Hall–Kier alpha value is -0.0700. The minimum Gasteiger partial charge on any atom is -0.480 e. The van der Waals surface area contributed by atoms with Crippen molar-refractivity contribution in [2.45, 2.75) is 6.04 Å². The van der Waals surface area contributed by atoms with Gasteiger partial charge in [0.25, 0.3) is 0 Å². The van der Waals surface area contributed by atoms with Crippen LogP contribution in [-0.2, 0) is 9.36 Å². The van der Waals surface area contributed by atoms with Crippen molar-refractivity contribution in [2.24, 2.45) is 0 Å². The Morgan fingerprint density at radius 1 is 1.58 bits per heavy atom. The zero-order valence-corrected chi connectivity index (χ0v) is 7.83. The van der Waals surface area contributed by atoms with Crippen molar-refractivity contribution in [3.05, 3.63) is 0 Å². The predicted molar refractivity (Wildman–Crippen MR) is 45.3 cm³/mol. The number of aliphatic carboxylic acids is 1. The molecule has 1 unspecified atom stereocenters. The summed E-state index contributed by atoms with van der Waals surface area (Å²) < 4.78 is 10.3. The second kappa shape index (κ2) is 4.84. The topological polar surface area (TPSA) is 107 Å². The largest absolute Gasteiger partial charge is 0.480 e. The van der Waals surface area contributed by atoms with Crippen molar-refractivity contribution in [3.8, 4) is 0 Å². The molecule has 0 aliphatic rings. The van der Waals surface area contributed by atoms with Gasteiger partial charge in [-0.05, 0) is 0 Å². The highest BCUT2D eigenvalue weighted by molar-refractivity contribution is 7.80. The standard InChI is InChI=1S/C4H10NO5PS/c6-4(7)3(1-12)5-2-11(8,9)10/h3,5,12H,1-2H2,(H,6,7)(H2,8,9,10). The van der Waals surface area contributed by atoms with Gasteiger partial charge in [-0.3, -0.25) is 14.7 Å². The summed E-state index contributed by atoms with van der Waals surface area (Å²) in [5.41, 5.74) is 0. The summed E-state index contributed by atoms with van der Waals surface area (Å²) >= 11 is 3.69. The summed E-state index contributed by atoms with van der Waals surface area (Å²) in [4.78, 5) is 27.0. The molecular formula is C4H10NO5PS. The van der Waals surface area contributed by atoms with Gasteiger partial charge in [0.15, 0.2) is 0 Å². The zero-order chi connectivity index (χ0) is 9.78. The molecule has 8 heteroatoms. The number of carboxylic acids is 1. The molecule has 0 saturated carbocycles. The molecule has 0 aliphatic heterocycles. The van der Waals surface area contributed by atoms with Crippen LogP contribution in [-0.4, -0.2) is 38.9 Å². The third kappa shape index (κ3) is 5.56. The van der Waals surface area contributed by atoms with Gasteiger partial charge in [0.2, 0.25) is 0 Å². The lowest BCUT2D eigenvalue weighted by molar-refractivity contribution is -0.138.